The zero-order chi connectivity index (χ0) is 22.6. The zero-order valence-corrected chi connectivity index (χ0v) is 19.6. The van der Waals surface area contributed by atoms with Gasteiger partial charge >= 0.3 is 5.97 Å². The van der Waals surface area contributed by atoms with E-state index in [1.165, 1.54) is 32.7 Å². The molecule has 1 aromatic heterocycles. The summed E-state index contributed by atoms with van der Waals surface area (Å²) >= 11 is 7.26. The molecule has 0 saturated carbocycles. The van der Waals surface area contributed by atoms with E-state index in [1.54, 1.807) is 26.1 Å². The largest absolute Gasteiger partial charge is 0.452 e. The first-order valence-electron chi connectivity index (χ1n) is 9.52. The molecule has 0 unspecified atom stereocenters. The van der Waals surface area contributed by atoms with Crippen LogP contribution >= 0.6 is 22.9 Å². The average molecular weight is 487 g/mol. The van der Waals surface area contributed by atoms with Gasteiger partial charge in [-0.05, 0) is 36.8 Å². The van der Waals surface area contributed by atoms with Crippen LogP contribution < -0.4 is 0 Å². The van der Waals surface area contributed by atoms with E-state index in [0.29, 0.717) is 29.7 Å². The fourth-order valence-corrected chi connectivity index (χ4v) is 5.81. The highest BCUT2D eigenvalue weighted by Gasteiger charge is 2.28. The molecule has 11 heteroatoms. The summed E-state index contributed by atoms with van der Waals surface area (Å²) in [6, 6.07) is 7.91. The van der Waals surface area contributed by atoms with E-state index in [4.69, 9.17) is 21.1 Å². The van der Waals surface area contributed by atoms with Crippen LogP contribution in [0, 0.1) is 6.92 Å². The van der Waals surface area contributed by atoms with E-state index < -0.39 is 22.6 Å². The lowest BCUT2D eigenvalue weighted by atomic mass is 10.1. The molecular weight excluding hydrogens is 464 g/mol. The number of amides is 1. The van der Waals surface area contributed by atoms with Crippen molar-refractivity contribution in [3.05, 3.63) is 50.7 Å². The molecule has 0 aliphatic carbocycles. The van der Waals surface area contributed by atoms with Crippen molar-refractivity contribution in [1.29, 1.82) is 0 Å². The number of nitrogens with zero attached hydrogens (tertiary/aromatic N) is 2. The molecule has 0 N–H and O–H groups in total. The SMILES string of the molecule is Cc1ccc(C(=O)OCC(=O)N(C)Cc2ccc(Cl)s2)cc1S(=O)(=O)N1CCOCC1. The lowest BCUT2D eigenvalue weighted by molar-refractivity contribution is -0.133. The molecular formula is C20H23ClN2O6S2. The Bertz CT molecular complexity index is 1060. The van der Waals surface area contributed by atoms with Gasteiger partial charge in [0.25, 0.3) is 5.91 Å². The molecule has 2 aromatic rings. The maximum absolute atomic E-state index is 13.0. The molecule has 3 rings (SSSR count). The number of aryl methyl sites for hydroxylation is 1. The average Bonchev–Trinajstić information content (AvgIpc) is 3.17. The Morgan fingerprint density at radius 1 is 1.23 bits per heavy atom. The fraction of sp³-hybridized carbons (Fsp3) is 0.400. The Morgan fingerprint density at radius 2 is 1.94 bits per heavy atom. The number of hydrogen-bond donors (Lipinski definition) is 0. The molecule has 0 radical (unpaired) electrons. The number of esters is 1. The summed E-state index contributed by atoms with van der Waals surface area (Å²) in [6.07, 6.45) is 0. The van der Waals surface area contributed by atoms with Gasteiger partial charge < -0.3 is 14.4 Å². The number of sulfonamides is 1. The first-order chi connectivity index (χ1) is 14.7. The van der Waals surface area contributed by atoms with E-state index >= 15 is 0 Å². The van der Waals surface area contributed by atoms with Crippen LogP contribution in [0.3, 0.4) is 0 Å². The van der Waals surface area contributed by atoms with E-state index in [2.05, 4.69) is 0 Å². The van der Waals surface area contributed by atoms with Crippen molar-refractivity contribution in [2.24, 2.45) is 0 Å². The summed E-state index contributed by atoms with van der Waals surface area (Å²) in [5.74, 6) is -1.15. The number of rotatable bonds is 7. The summed E-state index contributed by atoms with van der Waals surface area (Å²) in [5.41, 5.74) is 0.589. The maximum Gasteiger partial charge on any atom is 0.338 e. The van der Waals surface area contributed by atoms with E-state index in [0.717, 1.165) is 4.88 Å². The van der Waals surface area contributed by atoms with E-state index in [-0.39, 0.29) is 29.5 Å². The molecule has 1 amide bonds. The van der Waals surface area contributed by atoms with Crippen molar-refractivity contribution in [2.75, 3.05) is 40.0 Å². The van der Waals surface area contributed by atoms with E-state index in [9.17, 15) is 18.0 Å². The van der Waals surface area contributed by atoms with Crippen molar-refractivity contribution >= 4 is 44.8 Å². The van der Waals surface area contributed by atoms with Gasteiger partial charge in [0.15, 0.2) is 6.61 Å². The number of morpholine rings is 1. The molecule has 2 heterocycles. The van der Waals surface area contributed by atoms with Crippen LogP contribution in [-0.4, -0.2) is 69.5 Å². The van der Waals surface area contributed by atoms with Gasteiger partial charge in [0.2, 0.25) is 10.0 Å². The molecule has 1 aliphatic rings. The molecule has 1 fully saturated rings. The third-order valence-electron chi connectivity index (χ3n) is 4.79. The van der Waals surface area contributed by atoms with Crippen LogP contribution in [0.4, 0.5) is 0 Å². The Balaban J connectivity index is 1.65. The Hall–Kier alpha value is -1.98. The molecule has 1 aromatic carbocycles. The van der Waals surface area contributed by atoms with Crippen molar-refractivity contribution < 1.29 is 27.5 Å². The number of likely N-dealkylation sites (N-methyl/N-ethyl adjacent to an activating group) is 1. The molecule has 1 saturated heterocycles. The molecule has 1 aliphatic heterocycles. The van der Waals surface area contributed by atoms with Crippen molar-refractivity contribution in [3.8, 4) is 0 Å². The first kappa shape index (κ1) is 23.7. The predicted molar refractivity (Wildman–Crippen MR) is 117 cm³/mol. The zero-order valence-electron chi connectivity index (χ0n) is 17.2. The quantitative estimate of drug-likeness (QED) is 0.558. The van der Waals surface area contributed by atoms with Crippen molar-refractivity contribution in [2.45, 2.75) is 18.4 Å². The highest BCUT2D eigenvalue weighted by atomic mass is 35.5. The topological polar surface area (TPSA) is 93.2 Å². The molecule has 168 valence electrons. The third kappa shape index (κ3) is 5.83. The van der Waals surface area contributed by atoms with Gasteiger partial charge in [-0.1, -0.05) is 17.7 Å². The van der Waals surface area contributed by atoms with Crippen LogP contribution in [0.2, 0.25) is 4.34 Å². The Morgan fingerprint density at radius 3 is 2.58 bits per heavy atom. The van der Waals surface area contributed by atoms with Gasteiger partial charge in [-0.25, -0.2) is 13.2 Å². The predicted octanol–water partition coefficient (Wildman–Crippen LogP) is 2.55. The van der Waals surface area contributed by atoms with Gasteiger partial charge in [-0.3, -0.25) is 4.79 Å². The van der Waals surface area contributed by atoms with Gasteiger partial charge in [0.05, 0.1) is 34.6 Å². The number of hydrogen-bond acceptors (Lipinski definition) is 7. The lowest BCUT2D eigenvalue weighted by Gasteiger charge is -2.26. The molecule has 0 bridgehead atoms. The van der Waals surface area contributed by atoms with Crippen LogP contribution in [0.25, 0.3) is 0 Å². The monoisotopic (exact) mass is 486 g/mol. The molecule has 0 atom stereocenters. The first-order valence-corrected chi connectivity index (χ1v) is 12.2. The minimum absolute atomic E-state index is 0.0434. The fourth-order valence-electron chi connectivity index (χ4n) is 3.01. The molecule has 8 nitrogen and oxygen atoms in total. The smallest absolute Gasteiger partial charge is 0.338 e. The summed E-state index contributed by atoms with van der Waals surface area (Å²) in [6.45, 7) is 2.73. The number of carbonyl (C=O) groups excluding carboxylic acids is 2. The summed E-state index contributed by atoms with van der Waals surface area (Å²) in [5, 5.41) is 0. The number of thiophene rings is 1. The van der Waals surface area contributed by atoms with Crippen LogP contribution in [0.1, 0.15) is 20.8 Å². The minimum Gasteiger partial charge on any atom is -0.452 e. The number of benzene rings is 1. The van der Waals surface area contributed by atoms with Crippen molar-refractivity contribution in [3.63, 3.8) is 0 Å². The normalized spacial score (nSPS) is 14.9. The standard InChI is InChI=1S/C20H23ClN2O6S2/c1-14-3-4-15(11-17(14)31(26,27)23-7-9-28-10-8-23)20(25)29-13-19(24)22(2)12-16-5-6-18(21)30-16/h3-6,11H,7-10,12-13H2,1-2H3. The van der Waals surface area contributed by atoms with Crippen LogP contribution in [0.5, 0.6) is 0 Å². The molecule has 0 spiro atoms. The maximum atomic E-state index is 13.0. The highest BCUT2D eigenvalue weighted by molar-refractivity contribution is 7.89. The second kappa shape index (κ2) is 10.1. The summed E-state index contributed by atoms with van der Waals surface area (Å²) in [4.78, 5) is 27.1. The number of ether oxygens (including phenoxy) is 2. The second-order valence-electron chi connectivity index (χ2n) is 7.03. The highest BCUT2D eigenvalue weighted by Crippen LogP contribution is 2.24. The van der Waals surface area contributed by atoms with Crippen LogP contribution in [-0.2, 0) is 30.8 Å². The number of halogens is 1. The van der Waals surface area contributed by atoms with E-state index in [1.807, 2.05) is 6.07 Å². The summed E-state index contributed by atoms with van der Waals surface area (Å²) in [7, 11) is -2.17. The number of carbonyl (C=O) groups is 2. The molecule has 31 heavy (non-hydrogen) atoms. The lowest BCUT2D eigenvalue weighted by Crippen LogP contribution is -2.40. The van der Waals surface area contributed by atoms with Crippen molar-refractivity contribution in [1.82, 2.24) is 9.21 Å². The summed E-state index contributed by atoms with van der Waals surface area (Å²) < 4.78 is 38.2. The minimum atomic E-state index is -3.77. The van der Waals surface area contributed by atoms with Gasteiger partial charge in [0.1, 0.15) is 0 Å². The van der Waals surface area contributed by atoms with Gasteiger partial charge in [-0.15, -0.1) is 11.3 Å². The van der Waals surface area contributed by atoms with Gasteiger partial charge in [-0.2, -0.15) is 4.31 Å². The van der Waals surface area contributed by atoms with Gasteiger partial charge in [0, 0.05) is 25.0 Å². The van der Waals surface area contributed by atoms with Crippen LogP contribution in [0.15, 0.2) is 35.2 Å². The Kier molecular flexibility index (Phi) is 7.71. The Labute approximate surface area is 190 Å². The third-order valence-corrected chi connectivity index (χ3v) is 8.04. The second-order valence-corrected chi connectivity index (χ2v) is 10.7.